The summed E-state index contributed by atoms with van der Waals surface area (Å²) < 4.78 is 27.9. The number of rotatable bonds is 4. The van der Waals surface area contributed by atoms with E-state index in [0.717, 1.165) is 10.8 Å². The Morgan fingerprint density at radius 2 is 1.48 bits per heavy atom. The fraction of sp³-hybridized carbons (Fsp3) is 0.190. The lowest BCUT2D eigenvalue weighted by Gasteiger charge is -2.20. The van der Waals surface area contributed by atoms with Crippen LogP contribution in [0.1, 0.15) is 31.1 Å². The monoisotopic (exact) mass is 382 g/mol. The van der Waals surface area contributed by atoms with Gasteiger partial charge in [-0.25, -0.2) is 8.42 Å². The number of hydrogen-bond acceptors (Lipinski definition) is 3. The van der Waals surface area contributed by atoms with Crippen molar-refractivity contribution in [2.45, 2.75) is 31.2 Å². The number of sulfonamides is 1. The number of carbonyl (C=O) groups excluding carboxylic acids is 1. The van der Waals surface area contributed by atoms with Gasteiger partial charge in [-0.05, 0) is 67.9 Å². The molecule has 0 atom stereocenters. The molecule has 3 aromatic rings. The van der Waals surface area contributed by atoms with Crippen LogP contribution in [0.4, 0.5) is 5.69 Å². The third-order valence-corrected chi connectivity index (χ3v) is 5.30. The highest BCUT2D eigenvalue weighted by atomic mass is 32.2. The quantitative estimate of drug-likeness (QED) is 0.711. The van der Waals surface area contributed by atoms with Gasteiger partial charge in [0.2, 0.25) is 0 Å². The van der Waals surface area contributed by atoms with E-state index in [1.165, 1.54) is 0 Å². The van der Waals surface area contributed by atoms with Crippen molar-refractivity contribution in [2.75, 3.05) is 4.72 Å². The van der Waals surface area contributed by atoms with Crippen LogP contribution in [-0.4, -0.2) is 19.9 Å². The SMILES string of the molecule is CC(C)(C)NC(=O)c1ccc(NS(=O)(=O)c2ccc3ccccc3c2)cc1. The molecule has 0 aromatic heterocycles. The van der Waals surface area contributed by atoms with E-state index in [2.05, 4.69) is 10.0 Å². The number of amides is 1. The fourth-order valence-corrected chi connectivity index (χ4v) is 3.74. The van der Waals surface area contributed by atoms with Crippen molar-refractivity contribution in [3.05, 3.63) is 72.3 Å². The summed E-state index contributed by atoms with van der Waals surface area (Å²) in [6.45, 7) is 5.70. The molecule has 0 aliphatic carbocycles. The summed E-state index contributed by atoms with van der Waals surface area (Å²) in [5, 5.41) is 4.70. The van der Waals surface area contributed by atoms with Gasteiger partial charge in [-0.3, -0.25) is 9.52 Å². The summed E-state index contributed by atoms with van der Waals surface area (Å²) in [4.78, 5) is 12.3. The lowest BCUT2D eigenvalue weighted by Crippen LogP contribution is -2.40. The zero-order valence-electron chi connectivity index (χ0n) is 15.5. The molecule has 0 fully saturated rings. The van der Waals surface area contributed by atoms with Crippen LogP contribution in [0.2, 0.25) is 0 Å². The van der Waals surface area contributed by atoms with Crippen LogP contribution in [0.5, 0.6) is 0 Å². The summed E-state index contributed by atoms with van der Waals surface area (Å²) in [5.41, 5.74) is 0.530. The highest BCUT2D eigenvalue weighted by Crippen LogP contribution is 2.21. The van der Waals surface area contributed by atoms with E-state index < -0.39 is 10.0 Å². The fourth-order valence-electron chi connectivity index (χ4n) is 2.65. The predicted molar refractivity (Wildman–Crippen MR) is 108 cm³/mol. The molecule has 0 radical (unpaired) electrons. The van der Waals surface area contributed by atoms with E-state index in [0.29, 0.717) is 11.3 Å². The van der Waals surface area contributed by atoms with Crippen molar-refractivity contribution < 1.29 is 13.2 Å². The molecular formula is C21H22N2O3S. The minimum absolute atomic E-state index is 0.191. The lowest BCUT2D eigenvalue weighted by molar-refractivity contribution is 0.0919. The van der Waals surface area contributed by atoms with Gasteiger partial charge in [0, 0.05) is 16.8 Å². The number of hydrogen-bond donors (Lipinski definition) is 2. The van der Waals surface area contributed by atoms with Gasteiger partial charge < -0.3 is 5.32 Å². The lowest BCUT2D eigenvalue weighted by atomic mass is 10.1. The molecule has 1 amide bonds. The first-order chi connectivity index (χ1) is 12.6. The van der Waals surface area contributed by atoms with Crippen LogP contribution in [-0.2, 0) is 10.0 Å². The van der Waals surface area contributed by atoms with Crippen LogP contribution < -0.4 is 10.0 Å². The van der Waals surface area contributed by atoms with Crippen molar-refractivity contribution in [1.29, 1.82) is 0 Å². The molecule has 3 aromatic carbocycles. The van der Waals surface area contributed by atoms with Crippen molar-refractivity contribution in [3.63, 3.8) is 0 Å². The van der Waals surface area contributed by atoms with E-state index in [4.69, 9.17) is 0 Å². The van der Waals surface area contributed by atoms with E-state index in [9.17, 15) is 13.2 Å². The van der Waals surface area contributed by atoms with Gasteiger partial charge in [0.1, 0.15) is 0 Å². The Labute approximate surface area is 159 Å². The first kappa shape index (κ1) is 18.9. The maximum Gasteiger partial charge on any atom is 0.261 e. The molecule has 0 bridgehead atoms. The molecule has 0 unspecified atom stereocenters. The minimum Gasteiger partial charge on any atom is -0.347 e. The van der Waals surface area contributed by atoms with Crippen LogP contribution in [0.25, 0.3) is 10.8 Å². The van der Waals surface area contributed by atoms with E-state index >= 15 is 0 Å². The van der Waals surface area contributed by atoms with Crippen molar-refractivity contribution in [2.24, 2.45) is 0 Å². The molecule has 0 saturated carbocycles. The van der Waals surface area contributed by atoms with Gasteiger partial charge >= 0.3 is 0 Å². The maximum absolute atomic E-state index is 12.7. The number of nitrogens with one attached hydrogen (secondary N) is 2. The average Bonchev–Trinajstić information content (AvgIpc) is 2.60. The van der Waals surface area contributed by atoms with Gasteiger partial charge in [-0.15, -0.1) is 0 Å². The average molecular weight is 382 g/mol. The molecule has 3 rings (SSSR count). The first-order valence-electron chi connectivity index (χ1n) is 8.58. The van der Waals surface area contributed by atoms with Gasteiger partial charge in [0.15, 0.2) is 0 Å². The van der Waals surface area contributed by atoms with Crippen LogP contribution in [0.3, 0.4) is 0 Å². The zero-order chi connectivity index (χ0) is 19.7. The second-order valence-corrected chi connectivity index (χ2v) is 9.08. The zero-order valence-corrected chi connectivity index (χ0v) is 16.3. The molecule has 0 aliphatic heterocycles. The summed E-state index contributed by atoms with van der Waals surface area (Å²) in [5.74, 6) is -0.202. The van der Waals surface area contributed by atoms with Gasteiger partial charge in [0.05, 0.1) is 4.90 Å². The molecular weight excluding hydrogens is 360 g/mol. The summed E-state index contributed by atoms with van der Waals surface area (Å²) in [7, 11) is -3.72. The smallest absolute Gasteiger partial charge is 0.261 e. The number of carbonyl (C=O) groups is 1. The molecule has 0 heterocycles. The Kier molecular flexibility index (Phi) is 4.93. The van der Waals surface area contributed by atoms with E-state index in [1.54, 1.807) is 42.5 Å². The molecule has 0 saturated heterocycles. The van der Waals surface area contributed by atoms with E-state index in [-0.39, 0.29) is 16.3 Å². The summed E-state index contributed by atoms with van der Waals surface area (Å²) >= 11 is 0. The number of benzene rings is 3. The van der Waals surface area contributed by atoms with E-state index in [1.807, 2.05) is 45.0 Å². The first-order valence-corrected chi connectivity index (χ1v) is 10.1. The standard InChI is InChI=1S/C21H22N2O3S/c1-21(2,3)22-20(24)16-8-11-18(12-9-16)23-27(25,26)19-13-10-15-6-4-5-7-17(15)14-19/h4-14,23H,1-3H3,(H,22,24). The highest BCUT2D eigenvalue weighted by Gasteiger charge is 2.17. The topological polar surface area (TPSA) is 75.3 Å². The largest absolute Gasteiger partial charge is 0.347 e. The second-order valence-electron chi connectivity index (χ2n) is 7.40. The molecule has 2 N–H and O–H groups in total. The van der Waals surface area contributed by atoms with Crippen molar-refractivity contribution in [3.8, 4) is 0 Å². The molecule has 6 heteroatoms. The highest BCUT2D eigenvalue weighted by molar-refractivity contribution is 7.92. The van der Waals surface area contributed by atoms with Crippen molar-refractivity contribution in [1.82, 2.24) is 5.32 Å². The second kappa shape index (κ2) is 7.04. The van der Waals surface area contributed by atoms with Crippen molar-refractivity contribution >= 4 is 32.4 Å². The minimum atomic E-state index is -3.72. The Balaban J connectivity index is 1.80. The third-order valence-electron chi connectivity index (χ3n) is 3.92. The van der Waals surface area contributed by atoms with Gasteiger partial charge in [-0.1, -0.05) is 30.3 Å². The Morgan fingerprint density at radius 1 is 0.852 bits per heavy atom. The van der Waals surface area contributed by atoms with Crippen LogP contribution in [0.15, 0.2) is 71.6 Å². The molecule has 0 aliphatic rings. The van der Waals surface area contributed by atoms with Gasteiger partial charge in [0.25, 0.3) is 15.9 Å². The van der Waals surface area contributed by atoms with Crippen LogP contribution in [0, 0.1) is 0 Å². The van der Waals surface area contributed by atoms with Gasteiger partial charge in [-0.2, -0.15) is 0 Å². The molecule has 27 heavy (non-hydrogen) atoms. The summed E-state index contributed by atoms with van der Waals surface area (Å²) in [6, 6.07) is 18.9. The Morgan fingerprint density at radius 3 is 2.11 bits per heavy atom. The number of anilines is 1. The molecule has 5 nitrogen and oxygen atoms in total. The normalized spacial score (nSPS) is 12.0. The molecule has 0 spiro atoms. The Bertz CT molecular complexity index is 1080. The number of fused-ring (bicyclic) bond motifs is 1. The van der Waals surface area contributed by atoms with Crippen LogP contribution >= 0.6 is 0 Å². The maximum atomic E-state index is 12.7. The molecule has 140 valence electrons. The Hall–Kier alpha value is -2.86. The summed E-state index contributed by atoms with van der Waals surface area (Å²) in [6.07, 6.45) is 0. The predicted octanol–water partition coefficient (Wildman–Crippen LogP) is 4.17. The third kappa shape index (κ3) is 4.65.